The Morgan fingerprint density at radius 3 is 2.68 bits per heavy atom. The van der Waals surface area contributed by atoms with Gasteiger partial charge in [-0.1, -0.05) is 13.0 Å². The van der Waals surface area contributed by atoms with Crippen LogP contribution in [-0.2, 0) is 22.9 Å². The summed E-state index contributed by atoms with van der Waals surface area (Å²) in [5, 5.41) is 0. The number of nitrogens with zero attached hydrogens (tertiary/aromatic N) is 1. The van der Waals surface area contributed by atoms with E-state index < -0.39 is 10.0 Å². The quantitative estimate of drug-likeness (QED) is 0.904. The van der Waals surface area contributed by atoms with E-state index in [2.05, 4.69) is 16.5 Å². The highest BCUT2D eigenvalue weighted by atomic mass is 32.2. The lowest BCUT2D eigenvalue weighted by Crippen LogP contribution is -2.39. The third-order valence-electron chi connectivity index (χ3n) is 4.98. The monoisotopic (exact) mass is 322 g/mol. The van der Waals surface area contributed by atoms with Crippen molar-refractivity contribution >= 4 is 10.0 Å². The molecule has 1 fully saturated rings. The smallest absolute Gasteiger partial charge is 0.240 e. The van der Waals surface area contributed by atoms with Crippen molar-refractivity contribution in [2.75, 3.05) is 26.2 Å². The van der Waals surface area contributed by atoms with Crippen LogP contribution in [0.25, 0.3) is 0 Å². The van der Waals surface area contributed by atoms with E-state index in [1.54, 1.807) is 6.07 Å². The maximum absolute atomic E-state index is 12.4. The third kappa shape index (κ3) is 3.70. The Labute approximate surface area is 134 Å². The van der Waals surface area contributed by atoms with Crippen molar-refractivity contribution in [1.29, 1.82) is 0 Å². The van der Waals surface area contributed by atoms with Crippen LogP contribution in [0.3, 0.4) is 0 Å². The second kappa shape index (κ2) is 6.69. The number of piperidine rings is 1. The fourth-order valence-electron chi connectivity index (χ4n) is 3.42. The van der Waals surface area contributed by atoms with Gasteiger partial charge in [0.1, 0.15) is 0 Å². The van der Waals surface area contributed by atoms with Gasteiger partial charge in [-0.25, -0.2) is 13.1 Å². The minimum atomic E-state index is -3.37. The van der Waals surface area contributed by atoms with Gasteiger partial charge < -0.3 is 4.90 Å². The van der Waals surface area contributed by atoms with Gasteiger partial charge in [-0.15, -0.1) is 0 Å². The minimum Gasteiger partial charge on any atom is -0.302 e. The van der Waals surface area contributed by atoms with Crippen LogP contribution >= 0.6 is 0 Å². The van der Waals surface area contributed by atoms with Crippen LogP contribution in [0.15, 0.2) is 23.1 Å². The van der Waals surface area contributed by atoms with Crippen LogP contribution in [0.4, 0.5) is 0 Å². The number of benzene rings is 1. The zero-order valence-corrected chi connectivity index (χ0v) is 14.2. The number of rotatable bonds is 5. The molecule has 0 bridgehead atoms. The van der Waals surface area contributed by atoms with Crippen molar-refractivity contribution < 1.29 is 8.42 Å². The van der Waals surface area contributed by atoms with E-state index in [1.807, 2.05) is 12.1 Å². The van der Waals surface area contributed by atoms with Gasteiger partial charge in [-0.2, -0.15) is 0 Å². The molecule has 1 saturated heterocycles. The lowest BCUT2D eigenvalue weighted by molar-refractivity contribution is 0.195. The van der Waals surface area contributed by atoms with Gasteiger partial charge in [0.05, 0.1) is 4.90 Å². The molecular formula is C17H26N2O2S. The molecule has 1 aromatic carbocycles. The number of sulfonamides is 1. The number of hydrogen-bond acceptors (Lipinski definition) is 3. The van der Waals surface area contributed by atoms with Crippen LogP contribution in [0.1, 0.15) is 37.3 Å². The molecular weight excluding hydrogens is 296 g/mol. The number of nitrogens with one attached hydrogen (secondary N) is 1. The van der Waals surface area contributed by atoms with E-state index in [0.29, 0.717) is 11.4 Å². The Hall–Kier alpha value is -0.910. The van der Waals surface area contributed by atoms with E-state index >= 15 is 0 Å². The first-order chi connectivity index (χ1) is 10.5. The Kier molecular flexibility index (Phi) is 4.85. The van der Waals surface area contributed by atoms with Gasteiger partial charge in [-0.3, -0.25) is 0 Å². The number of likely N-dealkylation sites (tertiary alicyclic amines) is 1. The zero-order chi connectivity index (χ0) is 15.6. The summed E-state index contributed by atoms with van der Waals surface area (Å²) in [6, 6.07) is 5.57. The van der Waals surface area contributed by atoms with Gasteiger partial charge in [0.2, 0.25) is 10.0 Å². The largest absolute Gasteiger partial charge is 0.302 e. The molecule has 4 nitrogen and oxygen atoms in total. The maximum atomic E-state index is 12.4. The highest BCUT2D eigenvalue weighted by Gasteiger charge is 2.19. The summed E-state index contributed by atoms with van der Waals surface area (Å²) in [5.74, 6) is 0.805. The van der Waals surface area contributed by atoms with Crippen LogP contribution in [0, 0.1) is 5.92 Å². The van der Waals surface area contributed by atoms with Crippen molar-refractivity contribution in [2.24, 2.45) is 5.92 Å². The second-order valence-electron chi connectivity index (χ2n) is 6.71. The van der Waals surface area contributed by atoms with Crippen LogP contribution in [-0.4, -0.2) is 39.5 Å². The average molecular weight is 322 g/mol. The van der Waals surface area contributed by atoms with Crippen molar-refractivity contribution in [1.82, 2.24) is 9.62 Å². The normalized spacial score (nSPS) is 20.2. The summed E-state index contributed by atoms with van der Waals surface area (Å²) >= 11 is 0. The molecule has 1 heterocycles. The Morgan fingerprint density at radius 2 is 1.91 bits per heavy atom. The summed E-state index contributed by atoms with van der Waals surface area (Å²) in [6.45, 7) is 5.75. The molecule has 1 N–H and O–H groups in total. The average Bonchev–Trinajstić information content (AvgIpc) is 2.96. The number of fused-ring (bicyclic) bond motifs is 1. The first-order valence-electron chi connectivity index (χ1n) is 8.38. The predicted octanol–water partition coefficient (Wildman–Crippen LogP) is 2.19. The van der Waals surface area contributed by atoms with Crippen molar-refractivity contribution in [3.05, 3.63) is 29.3 Å². The Balaban J connectivity index is 1.55. The molecule has 1 aliphatic heterocycles. The molecule has 0 atom stereocenters. The molecule has 5 heteroatoms. The molecule has 0 unspecified atom stereocenters. The summed E-state index contributed by atoms with van der Waals surface area (Å²) in [7, 11) is -3.37. The van der Waals surface area contributed by atoms with Gasteiger partial charge >= 0.3 is 0 Å². The molecule has 1 aliphatic carbocycles. The lowest BCUT2D eigenvalue weighted by Gasteiger charge is -2.30. The number of aryl methyl sites for hydroxylation is 2. The zero-order valence-electron chi connectivity index (χ0n) is 13.3. The third-order valence-corrected chi connectivity index (χ3v) is 6.44. The minimum absolute atomic E-state index is 0.417. The molecule has 2 aliphatic rings. The van der Waals surface area contributed by atoms with E-state index in [9.17, 15) is 8.42 Å². The number of hydrogen-bond donors (Lipinski definition) is 1. The Bertz CT molecular complexity index is 620. The molecule has 0 aromatic heterocycles. The summed E-state index contributed by atoms with van der Waals surface area (Å²) in [4.78, 5) is 2.77. The fourth-order valence-corrected chi connectivity index (χ4v) is 4.49. The summed E-state index contributed by atoms with van der Waals surface area (Å²) in [5.41, 5.74) is 2.51. The van der Waals surface area contributed by atoms with Crippen LogP contribution < -0.4 is 4.72 Å². The van der Waals surface area contributed by atoms with Crippen molar-refractivity contribution in [3.8, 4) is 0 Å². The lowest BCUT2D eigenvalue weighted by atomic mass is 9.99. The summed E-state index contributed by atoms with van der Waals surface area (Å²) in [6.07, 6.45) is 5.66. The predicted molar refractivity (Wildman–Crippen MR) is 88.5 cm³/mol. The molecule has 0 amide bonds. The molecule has 122 valence electrons. The SMILES string of the molecule is CC1CCN(CCNS(=O)(=O)c2ccc3c(c2)CCC3)CC1. The van der Waals surface area contributed by atoms with Gasteiger partial charge in [-0.05, 0) is 74.4 Å². The first-order valence-corrected chi connectivity index (χ1v) is 9.87. The Morgan fingerprint density at radius 1 is 1.18 bits per heavy atom. The summed E-state index contributed by atoms with van der Waals surface area (Å²) < 4.78 is 27.5. The van der Waals surface area contributed by atoms with Gasteiger partial charge in [0.25, 0.3) is 0 Å². The molecule has 1 aromatic rings. The van der Waals surface area contributed by atoms with Crippen LogP contribution in [0.5, 0.6) is 0 Å². The second-order valence-corrected chi connectivity index (χ2v) is 8.47. The van der Waals surface area contributed by atoms with Crippen LogP contribution in [0.2, 0.25) is 0 Å². The van der Waals surface area contributed by atoms with Gasteiger partial charge in [0.15, 0.2) is 0 Å². The van der Waals surface area contributed by atoms with Gasteiger partial charge in [0, 0.05) is 13.1 Å². The first kappa shape index (κ1) is 16.0. The van der Waals surface area contributed by atoms with Crippen molar-refractivity contribution in [3.63, 3.8) is 0 Å². The molecule has 0 spiro atoms. The highest BCUT2D eigenvalue weighted by Crippen LogP contribution is 2.24. The van der Waals surface area contributed by atoms with Crippen molar-refractivity contribution in [2.45, 2.75) is 43.9 Å². The molecule has 0 radical (unpaired) electrons. The van der Waals surface area contributed by atoms with E-state index in [-0.39, 0.29) is 0 Å². The van der Waals surface area contributed by atoms with E-state index in [1.165, 1.54) is 24.0 Å². The molecule has 3 rings (SSSR count). The van der Waals surface area contributed by atoms with E-state index in [4.69, 9.17) is 0 Å². The molecule has 22 heavy (non-hydrogen) atoms. The maximum Gasteiger partial charge on any atom is 0.240 e. The fraction of sp³-hybridized carbons (Fsp3) is 0.647. The molecule has 0 saturated carbocycles. The standard InChI is InChI=1S/C17H26N2O2S/c1-14-7-10-19(11-8-14)12-9-18-22(20,21)17-6-5-15-3-2-4-16(15)13-17/h5-6,13-14,18H,2-4,7-12H2,1H3. The van der Waals surface area contributed by atoms with E-state index in [0.717, 1.165) is 44.8 Å². The topological polar surface area (TPSA) is 49.4 Å². The highest BCUT2D eigenvalue weighted by molar-refractivity contribution is 7.89.